The maximum atomic E-state index is 12.7. The van der Waals surface area contributed by atoms with Crippen LogP contribution in [-0.2, 0) is 14.8 Å². The predicted molar refractivity (Wildman–Crippen MR) is 104 cm³/mol. The quantitative estimate of drug-likeness (QED) is 0.820. The summed E-state index contributed by atoms with van der Waals surface area (Å²) in [5, 5.41) is 2.95. The van der Waals surface area contributed by atoms with Crippen molar-refractivity contribution in [3.05, 3.63) is 65.7 Å². The van der Waals surface area contributed by atoms with Crippen LogP contribution in [-0.4, -0.2) is 37.8 Å². The number of piperidine rings is 1. The maximum Gasteiger partial charge on any atom is 0.243 e. The largest absolute Gasteiger partial charge is 0.352 e. The molecule has 0 saturated carbocycles. The number of nitrogens with one attached hydrogen (secondary N) is 1. The molecule has 27 heavy (non-hydrogen) atoms. The predicted octanol–water partition coefficient (Wildman–Crippen LogP) is 1.96. The SMILES string of the molecule is Cc1ccc(S(=O)(=O)N2CCC(NC(=O)C(N)c3ccccc3)CC2)cc1. The van der Waals surface area contributed by atoms with Crippen molar-refractivity contribution < 1.29 is 13.2 Å². The highest BCUT2D eigenvalue weighted by molar-refractivity contribution is 7.89. The molecule has 7 heteroatoms. The van der Waals surface area contributed by atoms with Crippen LogP contribution in [0.15, 0.2) is 59.5 Å². The highest BCUT2D eigenvalue weighted by Gasteiger charge is 2.30. The van der Waals surface area contributed by atoms with Gasteiger partial charge in [-0.25, -0.2) is 8.42 Å². The average molecular weight is 388 g/mol. The molecule has 1 heterocycles. The van der Waals surface area contributed by atoms with Gasteiger partial charge in [-0.2, -0.15) is 4.31 Å². The molecular formula is C20H25N3O3S. The molecule has 2 aromatic carbocycles. The fourth-order valence-electron chi connectivity index (χ4n) is 3.20. The molecule has 1 aliphatic heterocycles. The van der Waals surface area contributed by atoms with Crippen LogP contribution in [0.1, 0.15) is 30.0 Å². The van der Waals surface area contributed by atoms with E-state index in [0.717, 1.165) is 11.1 Å². The molecule has 144 valence electrons. The van der Waals surface area contributed by atoms with E-state index < -0.39 is 16.1 Å². The Bertz CT molecular complexity index is 874. The number of carbonyl (C=O) groups excluding carboxylic acids is 1. The van der Waals surface area contributed by atoms with Crippen LogP contribution in [0.2, 0.25) is 0 Å². The normalized spacial score (nSPS) is 17.4. The van der Waals surface area contributed by atoms with Gasteiger partial charge in [0.2, 0.25) is 15.9 Å². The van der Waals surface area contributed by atoms with Crippen LogP contribution < -0.4 is 11.1 Å². The van der Waals surface area contributed by atoms with Gasteiger partial charge >= 0.3 is 0 Å². The zero-order chi connectivity index (χ0) is 19.4. The first-order valence-electron chi connectivity index (χ1n) is 9.05. The molecule has 2 aromatic rings. The minimum absolute atomic E-state index is 0.0725. The fourth-order valence-corrected chi connectivity index (χ4v) is 4.67. The number of aryl methyl sites for hydroxylation is 1. The zero-order valence-corrected chi connectivity index (χ0v) is 16.2. The number of nitrogens with two attached hydrogens (primary N) is 1. The Balaban J connectivity index is 1.57. The first-order chi connectivity index (χ1) is 12.9. The summed E-state index contributed by atoms with van der Waals surface area (Å²) in [7, 11) is -3.49. The van der Waals surface area contributed by atoms with Gasteiger partial charge < -0.3 is 11.1 Å². The molecule has 0 aliphatic carbocycles. The van der Waals surface area contributed by atoms with E-state index in [1.807, 2.05) is 37.3 Å². The van der Waals surface area contributed by atoms with Gasteiger partial charge in [0.1, 0.15) is 6.04 Å². The van der Waals surface area contributed by atoms with Crippen LogP contribution in [0.5, 0.6) is 0 Å². The monoisotopic (exact) mass is 387 g/mol. The summed E-state index contributed by atoms with van der Waals surface area (Å²) >= 11 is 0. The van der Waals surface area contributed by atoms with Crippen molar-refractivity contribution in [3.8, 4) is 0 Å². The van der Waals surface area contributed by atoms with E-state index in [1.165, 1.54) is 4.31 Å². The molecule has 6 nitrogen and oxygen atoms in total. The lowest BCUT2D eigenvalue weighted by molar-refractivity contribution is -0.123. The van der Waals surface area contributed by atoms with Crippen molar-refractivity contribution >= 4 is 15.9 Å². The molecule has 0 aromatic heterocycles. The van der Waals surface area contributed by atoms with Gasteiger partial charge in [-0.05, 0) is 37.5 Å². The van der Waals surface area contributed by atoms with Gasteiger partial charge in [0.05, 0.1) is 4.90 Å². The number of sulfonamides is 1. The number of benzene rings is 2. The first kappa shape index (κ1) is 19.5. The van der Waals surface area contributed by atoms with Gasteiger partial charge in [-0.3, -0.25) is 4.79 Å². The van der Waals surface area contributed by atoms with Gasteiger partial charge in [0.15, 0.2) is 0 Å². The Morgan fingerprint density at radius 3 is 2.26 bits per heavy atom. The molecule has 1 aliphatic rings. The van der Waals surface area contributed by atoms with Crippen LogP contribution >= 0.6 is 0 Å². The Morgan fingerprint density at radius 2 is 1.67 bits per heavy atom. The average Bonchev–Trinajstić information content (AvgIpc) is 2.69. The summed E-state index contributed by atoms with van der Waals surface area (Å²) in [6.07, 6.45) is 1.14. The second-order valence-corrected chi connectivity index (χ2v) is 8.83. The van der Waals surface area contributed by atoms with E-state index >= 15 is 0 Å². The molecule has 1 unspecified atom stereocenters. The van der Waals surface area contributed by atoms with Crippen LogP contribution in [0, 0.1) is 6.92 Å². The molecular weight excluding hydrogens is 362 g/mol. The topological polar surface area (TPSA) is 92.5 Å². The number of nitrogens with zero attached hydrogens (tertiary/aromatic N) is 1. The summed E-state index contributed by atoms with van der Waals surface area (Å²) in [6.45, 7) is 2.67. The third kappa shape index (κ3) is 4.55. The lowest BCUT2D eigenvalue weighted by Crippen LogP contribution is -2.48. The minimum Gasteiger partial charge on any atom is -0.352 e. The third-order valence-corrected chi connectivity index (χ3v) is 6.81. The molecule has 3 N–H and O–H groups in total. The number of hydrogen-bond donors (Lipinski definition) is 2. The summed E-state index contributed by atoms with van der Waals surface area (Å²) in [5.74, 6) is -0.235. The van der Waals surface area contributed by atoms with Crippen molar-refractivity contribution in [2.24, 2.45) is 5.73 Å². The Labute approximate surface area is 160 Å². The molecule has 0 bridgehead atoms. The van der Waals surface area contributed by atoms with E-state index in [9.17, 15) is 13.2 Å². The number of rotatable bonds is 5. The summed E-state index contributed by atoms with van der Waals surface area (Å²) in [4.78, 5) is 12.7. The van der Waals surface area contributed by atoms with E-state index in [2.05, 4.69) is 5.32 Å². The summed E-state index contributed by atoms with van der Waals surface area (Å²) < 4.78 is 27.0. The van der Waals surface area contributed by atoms with Crippen molar-refractivity contribution in [1.29, 1.82) is 0 Å². The standard InChI is InChI=1S/C20H25N3O3S/c1-15-7-9-18(10-8-15)27(25,26)23-13-11-17(12-14-23)22-20(24)19(21)16-5-3-2-4-6-16/h2-10,17,19H,11-14,21H2,1H3,(H,22,24). The second kappa shape index (κ2) is 8.21. The molecule has 1 fully saturated rings. The highest BCUT2D eigenvalue weighted by atomic mass is 32.2. The van der Waals surface area contributed by atoms with E-state index in [1.54, 1.807) is 24.3 Å². The van der Waals surface area contributed by atoms with Gasteiger partial charge in [0.25, 0.3) is 0 Å². The van der Waals surface area contributed by atoms with Crippen molar-refractivity contribution in [2.75, 3.05) is 13.1 Å². The lowest BCUT2D eigenvalue weighted by Gasteiger charge is -2.32. The number of amides is 1. The smallest absolute Gasteiger partial charge is 0.243 e. The van der Waals surface area contributed by atoms with Gasteiger partial charge in [-0.1, -0.05) is 48.0 Å². The van der Waals surface area contributed by atoms with Crippen LogP contribution in [0.3, 0.4) is 0 Å². The fraction of sp³-hybridized carbons (Fsp3) is 0.350. The van der Waals surface area contributed by atoms with Crippen LogP contribution in [0.4, 0.5) is 0 Å². The minimum atomic E-state index is -3.49. The Kier molecular flexibility index (Phi) is 5.94. The summed E-state index contributed by atoms with van der Waals surface area (Å²) in [5.41, 5.74) is 7.80. The molecule has 3 rings (SSSR count). The van der Waals surface area contributed by atoms with Crippen molar-refractivity contribution in [2.45, 2.75) is 36.7 Å². The maximum absolute atomic E-state index is 12.7. The highest BCUT2D eigenvalue weighted by Crippen LogP contribution is 2.21. The molecule has 1 amide bonds. The zero-order valence-electron chi connectivity index (χ0n) is 15.3. The molecule has 1 saturated heterocycles. The first-order valence-corrected chi connectivity index (χ1v) is 10.5. The van der Waals surface area contributed by atoms with Crippen molar-refractivity contribution in [1.82, 2.24) is 9.62 Å². The number of hydrogen-bond acceptors (Lipinski definition) is 4. The van der Waals surface area contributed by atoms with E-state index in [0.29, 0.717) is 30.8 Å². The molecule has 0 spiro atoms. The van der Waals surface area contributed by atoms with Crippen molar-refractivity contribution in [3.63, 3.8) is 0 Å². The third-order valence-electron chi connectivity index (χ3n) is 4.90. The van der Waals surface area contributed by atoms with Gasteiger partial charge in [-0.15, -0.1) is 0 Å². The number of carbonyl (C=O) groups is 1. The second-order valence-electron chi connectivity index (χ2n) is 6.89. The van der Waals surface area contributed by atoms with E-state index in [-0.39, 0.29) is 11.9 Å². The van der Waals surface area contributed by atoms with Crippen LogP contribution in [0.25, 0.3) is 0 Å². The summed E-state index contributed by atoms with van der Waals surface area (Å²) in [6, 6.07) is 15.3. The van der Waals surface area contributed by atoms with E-state index in [4.69, 9.17) is 5.73 Å². The molecule has 0 radical (unpaired) electrons. The lowest BCUT2D eigenvalue weighted by atomic mass is 10.0. The van der Waals surface area contributed by atoms with Gasteiger partial charge in [0, 0.05) is 19.1 Å². The molecule has 1 atom stereocenters. The Hall–Kier alpha value is -2.22. The Morgan fingerprint density at radius 1 is 1.07 bits per heavy atom.